The minimum atomic E-state index is -0.956. The van der Waals surface area contributed by atoms with Gasteiger partial charge < -0.3 is 10.4 Å². The summed E-state index contributed by atoms with van der Waals surface area (Å²) in [7, 11) is 0. The Morgan fingerprint density at radius 1 is 1.28 bits per heavy atom. The Balaban J connectivity index is 2.76. The number of rotatable bonds is 7. The van der Waals surface area contributed by atoms with Crippen LogP contribution in [0.1, 0.15) is 45.1 Å². The zero-order chi connectivity index (χ0) is 13.4. The van der Waals surface area contributed by atoms with E-state index < -0.39 is 5.60 Å². The number of nitrogens with one attached hydrogen (secondary N) is 1. The number of amides is 1. The lowest BCUT2D eigenvalue weighted by Crippen LogP contribution is -2.40. The predicted octanol–water partition coefficient (Wildman–Crippen LogP) is 2.59. The highest BCUT2D eigenvalue weighted by atomic mass is 16.3. The Hall–Kier alpha value is -1.35. The van der Waals surface area contributed by atoms with E-state index in [1.54, 1.807) is 0 Å². The largest absolute Gasteiger partial charge is 0.383 e. The monoisotopic (exact) mass is 249 g/mol. The van der Waals surface area contributed by atoms with Gasteiger partial charge in [-0.25, -0.2) is 0 Å². The zero-order valence-corrected chi connectivity index (χ0v) is 11.3. The van der Waals surface area contributed by atoms with E-state index in [4.69, 9.17) is 0 Å². The molecule has 1 rings (SSSR count). The van der Waals surface area contributed by atoms with Crippen LogP contribution >= 0.6 is 0 Å². The molecule has 0 spiro atoms. The van der Waals surface area contributed by atoms with Crippen LogP contribution in [0.4, 0.5) is 0 Å². The maximum absolute atomic E-state index is 11.0. The van der Waals surface area contributed by atoms with Crippen molar-refractivity contribution in [2.24, 2.45) is 0 Å². The van der Waals surface area contributed by atoms with E-state index in [0.29, 0.717) is 6.42 Å². The van der Waals surface area contributed by atoms with Crippen molar-refractivity contribution in [2.75, 3.05) is 6.54 Å². The summed E-state index contributed by atoms with van der Waals surface area (Å²) in [5.41, 5.74) is -0.0860. The van der Waals surface area contributed by atoms with Crippen molar-refractivity contribution in [3.05, 3.63) is 35.9 Å². The fraction of sp³-hybridized carbons (Fsp3) is 0.533. The molecular formula is C15H23NO2. The number of hydrogen-bond donors (Lipinski definition) is 2. The molecule has 0 aliphatic rings. The first-order valence-corrected chi connectivity index (χ1v) is 6.61. The summed E-state index contributed by atoms with van der Waals surface area (Å²) in [6, 6.07) is 9.57. The topological polar surface area (TPSA) is 49.3 Å². The standard InChI is InChI=1S/C15H23NO2/c1-3-4-8-11-15(18,12-16-13(2)17)14-9-6-5-7-10-14/h5-7,9-10,18H,3-4,8,11-12H2,1-2H3,(H,16,17). The van der Waals surface area contributed by atoms with E-state index >= 15 is 0 Å². The lowest BCUT2D eigenvalue weighted by Gasteiger charge is -2.29. The highest BCUT2D eigenvalue weighted by Gasteiger charge is 2.28. The maximum Gasteiger partial charge on any atom is 0.216 e. The van der Waals surface area contributed by atoms with E-state index in [0.717, 1.165) is 24.8 Å². The van der Waals surface area contributed by atoms with Crippen molar-refractivity contribution in [1.82, 2.24) is 5.32 Å². The molecule has 0 saturated heterocycles. The van der Waals surface area contributed by atoms with Crippen LogP contribution in [0.25, 0.3) is 0 Å². The van der Waals surface area contributed by atoms with Crippen LogP contribution in [0.5, 0.6) is 0 Å². The first-order chi connectivity index (χ1) is 8.58. The molecule has 2 N–H and O–H groups in total. The normalized spacial score (nSPS) is 13.9. The van der Waals surface area contributed by atoms with E-state index in [-0.39, 0.29) is 12.5 Å². The molecule has 3 nitrogen and oxygen atoms in total. The Labute approximate surface area is 109 Å². The number of unbranched alkanes of at least 4 members (excludes halogenated alkanes) is 2. The second-order valence-electron chi connectivity index (χ2n) is 4.76. The van der Waals surface area contributed by atoms with Crippen molar-refractivity contribution in [3.8, 4) is 0 Å². The van der Waals surface area contributed by atoms with E-state index in [2.05, 4.69) is 12.2 Å². The van der Waals surface area contributed by atoms with E-state index in [1.165, 1.54) is 6.92 Å². The molecular weight excluding hydrogens is 226 g/mol. The molecule has 0 aliphatic heterocycles. The molecule has 18 heavy (non-hydrogen) atoms. The summed E-state index contributed by atoms with van der Waals surface area (Å²) in [5.74, 6) is -0.111. The van der Waals surface area contributed by atoms with Gasteiger partial charge in [-0.15, -0.1) is 0 Å². The average molecular weight is 249 g/mol. The third-order valence-electron chi connectivity index (χ3n) is 3.13. The van der Waals surface area contributed by atoms with Crippen molar-refractivity contribution < 1.29 is 9.90 Å². The molecule has 0 saturated carbocycles. The maximum atomic E-state index is 11.0. The molecule has 0 heterocycles. The Morgan fingerprint density at radius 3 is 2.50 bits per heavy atom. The van der Waals surface area contributed by atoms with Crippen molar-refractivity contribution in [1.29, 1.82) is 0 Å². The Morgan fingerprint density at radius 2 is 1.94 bits per heavy atom. The SMILES string of the molecule is CCCCCC(O)(CNC(C)=O)c1ccccc1. The van der Waals surface area contributed by atoms with Crippen LogP contribution in [0.3, 0.4) is 0 Å². The number of carbonyl (C=O) groups is 1. The first-order valence-electron chi connectivity index (χ1n) is 6.61. The minimum absolute atomic E-state index is 0.111. The van der Waals surface area contributed by atoms with Gasteiger partial charge in [-0.1, -0.05) is 56.5 Å². The summed E-state index contributed by atoms with van der Waals surface area (Å²) in [6.07, 6.45) is 3.84. The predicted molar refractivity (Wildman–Crippen MR) is 73.2 cm³/mol. The van der Waals surface area contributed by atoms with Crippen LogP contribution < -0.4 is 5.32 Å². The van der Waals surface area contributed by atoms with E-state index in [9.17, 15) is 9.90 Å². The molecule has 100 valence electrons. The summed E-state index contributed by atoms with van der Waals surface area (Å²) in [6.45, 7) is 3.88. The van der Waals surface area contributed by atoms with Gasteiger partial charge in [0.25, 0.3) is 0 Å². The molecule has 0 aromatic heterocycles. The van der Waals surface area contributed by atoms with Crippen molar-refractivity contribution in [3.63, 3.8) is 0 Å². The molecule has 0 aliphatic carbocycles. The molecule has 0 radical (unpaired) electrons. The van der Waals surface area contributed by atoms with Gasteiger partial charge in [-0.05, 0) is 12.0 Å². The summed E-state index contributed by atoms with van der Waals surface area (Å²) >= 11 is 0. The van der Waals surface area contributed by atoms with Gasteiger partial charge in [0.05, 0.1) is 6.54 Å². The Kier molecular flexibility index (Phi) is 5.86. The van der Waals surface area contributed by atoms with Crippen molar-refractivity contribution in [2.45, 2.75) is 45.1 Å². The van der Waals surface area contributed by atoms with Gasteiger partial charge in [-0.2, -0.15) is 0 Å². The zero-order valence-electron chi connectivity index (χ0n) is 11.3. The van der Waals surface area contributed by atoms with Gasteiger partial charge in [0, 0.05) is 6.92 Å². The Bertz CT molecular complexity index is 364. The van der Waals surface area contributed by atoms with Crippen LogP contribution in [0.15, 0.2) is 30.3 Å². The molecule has 1 unspecified atom stereocenters. The fourth-order valence-electron chi connectivity index (χ4n) is 2.02. The number of aliphatic hydroxyl groups is 1. The number of carbonyl (C=O) groups excluding carboxylic acids is 1. The molecule has 1 aromatic carbocycles. The van der Waals surface area contributed by atoms with Gasteiger partial charge in [-0.3, -0.25) is 4.79 Å². The molecule has 1 aromatic rings. The molecule has 1 amide bonds. The summed E-state index contributed by atoms with van der Waals surface area (Å²) < 4.78 is 0. The summed E-state index contributed by atoms with van der Waals surface area (Å²) in [4.78, 5) is 11.0. The quantitative estimate of drug-likeness (QED) is 0.730. The number of hydrogen-bond acceptors (Lipinski definition) is 2. The second-order valence-corrected chi connectivity index (χ2v) is 4.76. The highest BCUT2D eigenvalue weighted by Crippen LogP contribution is 2.26. The van der Waals surface area contributed by atoms with Crippen LogP contribution in [-0.2, 0) is 10.4 Å². The average Bonchev–Trinajstić information content (AvgIpc) is 2.38. The lowest BCUT2D eigenvalue weighted by molar-refractivity contribution is -0.120. The fourth-order valence-corrected chi connectivity index (χ4v) is 2.02. The molecule has 0 bridgehead atoms. The number of benzene rings is 1. The van der Waals surface area contributed by atoms with Crippen LogP contribution in [0, 0.1) is 0 Å². The van der Waals surface area contributed by atoms with Gasteiger partial charge in [0.1, 0.15) is 5.60 Å². The second kappa shape index (κ2) is 7.17. The summed E-state index contributed by atoms with van der Waals surface area (Å²) in [5, 5.41) is 13.5. The van der Waals surface area contributed by atoms with Crippen LogP contribution in [-0.4, -0.2) is 17.6 Å². The highest BCUT2D eigenvalue weighted by molar-refractivity contribution is 5.72. The molecule has 0 fully saturated rings. The lowest BCUT2D eigenvalue weighted by atomic mass is 9.88. The molecule has 1 atom stereocenters. The van der Waals surface area contributed by atoms with Gasteiger partial charge >= 0.3 is 0 Å². The van der Waals surface area contributed by atoms with Crippen molar-refractivity contribution >= 4 is 5.91 Å². The third kappa shape index (κ3) is 4.49. The minimum Gasteiger partial charge on any atom is -0.383 e. The first kappa shape index (κ1) is 14.7. The molecule has 3 heteroatoms. The smallest absolute Gasteiger partial charge is 0.216 e. The van der Waals surface area contributed by atoms with Gasteiger partial charge in [0.2, 0.25) is 5.91 Å². The third-order valence-corrected chi connectivity index (χ3v) is 3.13. The van der Waals surface area contributed by atoms with Crippen LogP contribution in [0.2, 0.25) is 0 Å². The van der Waals surface area contributed by atoms with E-state index in [1.807, 2.05) is 30.3 Å². The van der Waals surface area contributed by atoms with Gasteiger partial charge in [0.15, 0.2) is 0 Å².